The van der Waals surface area contributed by atoms with E-state index < -0.39 is 33.5 Å². The molecule has 1 saturated heterocycles. The second-order valence-electron chi connectivity index (χ2n) is 7.34. The maximum atomic E-state index is 12.9. The summed E-state index contributed by atoms with van der Waals surface area (Å²) in [6.45, 7) is 0.278. The van der Waals surface area contributed by atoms with E-state index in [4.69, 9.17) is 4.74 Å². The van der Waals surface area contributed by atoms with Gasteiger partial charge >= 0.3 is 6.18 Å². The number of rotatable bonds is 8. The molecule has 1 heterocycles. The quantitative estimate of drug-likeness (QED) is 0.577. The molecule has 12 heteroatoms. The summed E-state index contributed by atoms with van der Waals surface area (Å²) in [7, 11) is -3.66. The molecule has 33 heavy (non-hydrogen) atoms. The van der Waals surface area contributed by atoms with Gasteiger partial charge in [0.05, 0.1) is 11.3 Å². The molecule has 2 aromatic rings. The normalized spacial score (nSPS) is 15.3. The molecule has 0 unspecified atom stereocenters. The van der Waals surface area contributed by atoms with E-state index in [1.165, 1.54) is 34.6 Å². The van der Waals surface area contributed by atoms with Gasteiger partial charge in [0.25, 0.3) is 5.91 Å². The number of hydrogen-bond donors (Lipinski definition) is 1. The average molecular weight is 489 g/mol. The Bertz CT molecular complexity index is 1050. The number of alkyl halides is 3. The summed E-state index contributed by atoms with van der Waals surface area (Å²) in [5.74, 6) is -0.979. The Balaban J connectivity index is 1.43. The van der Waals surface area contributed by atoms with Crippen LogP contribution in [0.15, 0.2) is 48.5 Å². The number of anilines is 1. The van der Waals surface area contributed by atoms with E-state index >= 15 is 0 Å². The van der Waals surface area contributed by atoms with E-state index in [0.29, 0.717) is 11.4 Å². The maximum Gasteiger partial charge on any atom is 0.416 e. The van der Waals surface area contributed by atoms with Gasteiger partial charge in [0.15, 0.2) is 6.61 Å². The third-order valence-electron chi connectivity index (χ3n) is 5.04. The molecular weight excluding hydrogens is 466 g/mol. The lowest BCUT2D eigenvalue weighted by Gasteiger charge is -2.35. The second-order valence-corrected chi connectivity index (χ2v) is 9.43. The minimum atomic E-state index is -4.45. The number of piperazine rings is 1. The lowest BCUT2D eigenvalue weighted by atomic mass is 10.1. The Morgan fingerprint density at radius 3 is 2.33 bits per heavy atom. The highest BCUT2D eigenvalue weighted by Crippen LogP contribution is 2.32. The number of carbonyl (C=O) groups excluding carboxylic acids is 1. The Labute approximate surface area is 189 Å². The topological polar surface area (TPSA) is 78.9 Å². The first-order valence-corrected chi connectivity index (χ1v) is 11.7. The van der Waals surface area contributed by atoms with E-state index in [2.05, 4.69) is 5.32 Å². The van der Waals surface area contributed by atoms with Crippen LogP contribution in [0.5, 0.6) is 5.75 Å². The molecule has 0 spiro atoms. The zero-order valence-corrected chi connectivity index (χ0v) is 18.3. The Morgan fingerprint density at radius 1 is 1.03 bits per heavy atom. The van der Waals surface area contributed by atoms with Crippen molar-refractivity contribution < 1.29 is 35.5 Å². The average Bonchev–Trinajstić information content (AvgIpc) is 2.78. The van der Waals surface area contributed by atoms with Crippen molar-refractivity contribution in [2.75, 3.05) is 50.0 Å². The van der Waals surface area contributed by atoms with Crippen LogP contribution >= 0.6 is 0 Å². The van der Waals surface area contributed by atoms with Crippen LogP contribution in [0.4, 0.5) is 23.2 Å². The van der Waals surface area contributed by atoms with Crippen LogP contribution in [-0.2, 0) is 21.0 Å². The van der Waals surface area contributed by atoms with Gasteiger partial charge in [-0.2, -0.15) is 17.5 Å². The number of hydrogen-bond acceptors (Lipinski definition) is 5. The number of carbonyl (C=O) groups is 1. The van der Waals surface area contributed by atoms with Gasteiger partial charge in [0, 0.05) is 38.4 Å². The molecule has 3 rings (SSSR count). The molecule has 0 aliphatic carbocycles. The van der Waals surface area contributed by atoms with Gasteiger partial charge in [0.2, 0.25) is 10.0 Å². The summed E-state index contributed by atoms with van der Waals surface area (Å²) >= 11 is 0. The van der Waals surface area contributed by atoms with Crippen molar-refractivity contribution in [3.8, 4) is 5.75 Å². The molecule has 2 aromatic carbocycles. The molecular formula is C21H23F4N3O4S. The first-order valence-electron chi connectivity index (χ1n) is 10.1. The highest BCUT2D eigenvalue weighted by Gasteiger charge is 2.32. The second kappa shape index (κ2) is 10.4. The van der Waals surface area contributed by atoms with Crippen LogP contribution in [0.25, 0.3) is 0 Å². The summed E-state index contributed by atoms with van der Waals surface area (Å²) < 4.78 is 83.2. The van der Waals surface area contributed by atoms with Gasteiger partial charge in [-0.3, -0.25) is 4.79 Å². The standard InChI is InChI=1S/C21H23F4N3O4S/c22-17-4-6-19(7-5-17)32-15-20(29)26-8-13-33(30,31)28-11-9-27(10-12-28)18-3-1-2-16(14-18)21(23,24)25/h1-7,14H,8-13,15H2,(H,26,29). The van der Waals surface area contributed by atoms with Gasteiger partial charge in [-0.05, 0) is 42.5 Å². The van der Waals surface area contributed by atoms with Crippen LogP contribution in [0.2, 0.25) is 0 Å². The van der Waals surface area contributed by atoms with Gasteiger partial charge in [-0.15, -0.1) is 0 Å². The van der Waals surface area contributed by atoms with Crippen LogP contribution in [0, 0.1) is 5.82 Å². The molecule has 1 amide bonds. The van der Waals surface area contributed by atoms with Crippen molar-refractivity contribution in [2.45, 2.75) is 6.18 Å². The zero-order chi connectivity index (χ0) is 24.1. The van der Waals surface area contributed by atoms with Crippen molar-refractivity contribution in [1.82, 2.24) is 9.62 Å². The van der Waals surface area contributed by atoms with Gasteiger partial charge in [-0.1, -0.05) is 6.07 Å². The molecule has 0 radical (unpaired) electrons. The summed E-state index contributed by atoms with van der Waals surface area (Å²) in [5.41, 5.74) is -0.371. The fraction of sp³-hybridized carbons (Fsp3) is 0.381. The van der Waals surface area contributed by atoms with Gasteiger partial charge in [-0.25, -0.2) is 12.8 Å². The molecule has 0 bridgehead atoms. The number of halogens is 4. The lowest BCUT2D eigenvalue weighted by Crippen LogP contribution is -2.50. The highest BCUT2D eigenvalue weighted by molar-refractivity contribution is 7.89. The SMILES string of the molecule is O=C(COc1ccc(F)cc1)NCCS(=O)(=O)N1CCN(c2cccc(C(F)(F)F)c2)CC1. The number of benzene rings is 2. The third-order valence-corrected chi connectivity index (χ3v) is 6.91. The van der Waals surface area contributed by atoms with Gasteiger partial charge in [0.1, 0.15) is 11.6 Å². The smallest absolute Gasteiger partial charge is 0.416 e. The van der Waals surface area contributed by atoms with Crippen LogP contribution < -0.4 is 15.0 Å². The molecule has 0 aromatic heterocycles. The van der Waals surface area contributed by atoms with Gasteiger partial charge < -0.3 is 15.0 Å². The largest absolute Gasteiger partial charge is 0.484 e. The third kappa shape index (κ3) is 7.06. The minimum Gasteiger partial charge on any atom is -0.484 e. The Morgan fingerprint density at radius 2 is 1.70 bits per heavy atom. The van der Waals surface area contributed by atoms with Crippen molar-refractivity contribution in [2.24, 2.45) is 0 Å². The fourth-order valence-corrected chi connectivity index (χ4v) is 4.62. The van der Waals surface area contributed by atoms with Crippen molar-refractivity contribution in [3.05, 3.63) is 59.9 Å². The van der Waals surface area contributed by atoms with Crippen LogP contribution in [0.1, 0.15) is 5.56 Å². The Hall–Kier alpha value is -2.86. The predicted octanol–water partition coefficient (Wildman–Crippen LogP) is 2.49. The number of ether oxygens (including phenoxy) is 1. The molecule has 1 aliphatic heterocycles. The number of amides is 1. The zero-order valence-electron chi connectivity index (χ0n) is 17.5. The molecule has 180 valence electrons. The van der Waals surface area contributed by atoms with Crippen LogP contribution in [-0.4, -0.2) is 63.7 Å². The maximum absolute atomic E-state index is 12.9. The van der Waals surface area contributed by atoms with E-state index in [1.54, 1.807) is 11.0 Å². The van der Waals surface area contributed by atoms with Crippen molar-refractivity contribution in [3.63, 3.8) is 0 Å². The Kier molecular flexibility index (Phi) is 7.80. The van der Waals surface area contributed by atoms with E-state index in [-0.39, 0.29) is 45.1 Å². The van der Waals surface area contributed by atoms with Crippen LogP contribution in [0.3, 0.4) is 0 Å². The molecule has 1 N–H and O–H groups in total. The summed E-state index contributed by atoms with van der Waals surface area (Å²) in [4.78, 5) is 13.5. The summed E-state index contributed by atoms with van der Waals surface area (Å²) in [5, 5.41) is 2.45. The number of nitrogens with one attached hydrogen (secondary N) is 1. The fourth-order valence-electron chi connectivity index (χ4n) is 3.28. The number of sulfonamides is 1. The lowest BCUT2D eigenvalue weighted by molar-refractivity contribution is -0.137. The van der Waals surface area contributed by atoms with Crippen molar-refractivity contribution in [1.29, 1.82) is 0 Å². The molecule has 0 atom stereocenters. The highest BCUT2D eigenvalue weighted by atomic mass is 32.2. The molecule has 0 saturated carbocycles. The van der Waals surface area contributed by atoms with E-state index in [9.17, 15) is 30.8 Å². The van der Waals surface area contributed by atoms with E-state index in [1.807, 2.05) is 0 Å². The summed E-state index contributed by atoms with van der Waals surface area (Å²) in [6, 6.07) is 10.0. The molecule has 1 aliphatic rings. The van der Waals surface area contributed by atoms with Crippen molar-refractivity contribution >= 4 is 21.6 Å². The molecule has 1 fully saturated rings. The first kappa shape index (κ1) is 24.8. The monoisotopic (exact) mass is 489 g/mol. The minimum absolute atomic E-state index is 0.123. The van der Waals surface area contributed by atoms with E-state index in [0.717, 1.165) is 12.1 Å². The predicted molar refractivity (Wildman–Crippen MR) is 114 cm³/mol. The summed E-state index contributed by atoms with van der Waals surface area (Å²) in [6.07, 6.45) is -4.45. The molecule has 7 nitrogen and oxygen atoms in total. The number of nitrogens with zero attached hydrogens (tertiary/aromatic N) is 2. The first-order chi connectivity index (χ1) is 15.5.